The second-order valence-electron chi connectivity index (χ2n) is 5.31. The van der Waals surface area contributed by atoms with Gasteiger partial charge < -0.3 is 15.2 Å². The van der Waals surface area contributed by atoms with Crippen LogP contribution in [0.15, 0.2) is 0 Å². The lowest BCUT2D eigenvalue weighted by molar-refractivity contribution is 0.0492. The summed E-state index contributed by atoms with van der Waals surface area (Å²) in [6, 6.07) is 0. The van der Waals surface area contributed by atoms with Crippen molar-refractivity contribution in [2.75, 3.05) is 19.8 Å². The maximum Gasteiger partial charge on any atom is 0.234 e. The third-order valence-corrected chi connectivity index (χ3v) is 4.96. The average Bonchev–Trinajstić information content (AvgIpc) is 3.20. The van der Waals surface area contributed by atoms with Crippen molar-refractivity contribution in [2.24, 2.45) is 5.73 Å². The number of nitrogens with two attached hydrogens (primary N) is 1. The van der Waals surface area contributed by atoms with Crippen molar-refractivity contribution in [1.82, 2.24) is 19.8 Å². The fraction of sp³-hybridized carbons (Fsp3) is 0.750. The Balaban J connectivity index is 1.62. The molecule has 0 aliphatic carbocycles. The first-order valence-electron chi connectivity index (χ1n) is 7.00. The van der Waals surface area contributed by atoms with Gasteiger partial charge in [0, 0.05) is 19.1 Å². The molecule has 0 aromatic carbocycles. The van der Waals surface area contributed by atoms with E-state index in [0.29, 0.717) is 19.1 Å². The number of rotatable bonds is 3. The van der Waals surface area contributed by atoms with E-state index in [2.05, 4.69) is 15.3 Å². The summed E-state index contributed by atoms with van der Waals surface area (Å²) in [4.78, 5) is 0.835. The minimum atomic E-state index is 0.0583. The van der Waals surface area contributed by atoms with Crippen molar-refractivity contribution in [1.29, 1.82) is 0 Å². The summed E-state index contributed by atoms with van der Waals surface area (Å²) < 4.78 is 13.2. The van der Waals surface area contributed by atoms with E-state index in [-0.39, 0.29) is 12.2 Å². The van der Waals surface area contributed by atoms with E-state index >= 15 is 0 Å². The van der Waals surface area contributed by atoms with Crippen molar-refractivity contribution in [3.63, 3.8) is 0 Å². The van der Waals surface area contributed by atoms with Crippen molar-refractivity contribution >= 4 is 16.3 Å². The highest BCUT2D eigenvalue weighted by Crippen LogP contribution is 2.35. The van der Waals surface area contributed by atoms with E-state index in [1.165, 1.54) is 0 Å². The van der Waals surface area contributed by atoms with Gasteiger partial charge in [0.25, 0.3) is 0 Å². The standard InChI is InChI=1S/C12H17N5O2S/c13-5-8-1-2-9(19-8)11-16-17-10(7-3-4-18-6-7)14-15-12(17)20-11/h7-9H,1-6,13H2. The van der Waals surface area contributed by atoms with Crippen molar-refractivity contribution in [3.8, 4) is 0 Å². The zero-order chi connectivity index (χ0) is 13.5. The van der Waals surface area contributed by atoms with Crippen LogP contribution in [0.3, 0.4) is 0 Å². The molecule has 0 radical (unpaired) electrons. The molecule has 3 unspecified atom stereocenters. The number of fused-ring (bicyclic) bond motifs is 1. The third kappa shape index (κ3) is 2.03. The van der Waals surface area contributed by atoms with Crippen LogP contribution in [0.2, 0.25) is 0 Å². The molecule has 8 heteroatoms. The van der Waals surface area contributed by atoms with Crippen LogP contribution >= 0.6 is 11.3 Å². The van der Waals surface area contributed by atoms with E-state index in [4.69, 9.17) is 15.2 Å². The number of hydrogen-bond acceptors (Lipinski definition) is 7. The molecule has 108 valence electrons. The van der Waals surface area contributed by atoms with E-state index < -0.39 is 0 Å². The Morgan fingerprint density at radius 3 is 3.00 bits per heavy atom. The lowest BCUT2D eigenvalue weighted by Gasteiger charge is -2.08. The van der Waals surface area contributed by atoms with Gasteiger partial charge in [-0.15, -0.1) is 10.2 Å². The number of hydrogen-bond donors (Lipinski definition) is 1. The van der Waals surface area contributed by atoms with E-state index in [1.807, 2.05) is 4.52 Å². The smallest absolute Gasteiger partial charge is 0.234 e. The fourth-order valence-corrected chi connectivity index (χ4v) is 3.75. The van der Waals surface area contributed by atoms with Crippen molar-refractivity contribution in [2.45, 2.75) is 37.4 Å². The van der Waals surface area contributed by atoms with Gasteiger partial charge >= 0.3 is 0 Å². The van der Waals surface area contributed by atoms with Gasteiger partial charge in [-0.25, -0.2) is 0 Å². The highest BCUT2D eigenvalue weighted by molar-refractivity contribution is 7.16. The number of aromatic nitrogens is 4. The van der Waals surface area contributed by atoms with Gasteiger partial charge in [-0.3, -0.25) is 0 Å². The Labute approximate surface area is 120 Å². The third-order valence-electron chi connectivity index (χ3n) is 3.97. The van der Waals surface area contributed by atoms with Crippen LogP contribution in [0, 0.1) is 0 Å². The van der Waals surface area contributed by atoms with Crippen LogP contribution < -0.4 is 5.73 Å². The SMILES string of the molecule is NCC1CCC(c2nn3c(C4CCOC4)nnc3s2)O1. The summed E-state index contributed by atoms with van der Waals surface area (Å²) in [5.41, 5.74) is 5.65. The summed E-state index contributed by atoms with van der Waals surface area (Å²) in [5.74, 6) is 1.22. The van der Waals surface area contributed by atoms with Gasteiger partial charge in [0.15, 0.2) is 5.82 Å². The second-order valence-corrected chi connectivity index (χ2v) is 6.30. The molecule has 2 saturated heterocycles. The van der Waals surface area contributed by atoms with Gasteiger partial charge in [0.1, 0.15) is 11.1 Å². The molecule has 4 heterocycles. The predicted octanol–water partition coefficient (Wildman–Crippen LogP) is 0.868. The molecule has 0 spiro atoms. The van der Waals surface area contributed by atoms with Gasteiger partial charge in [-0.05, 0) is 19.3 Å². The maximum absolute atomic E-state index is 5.90. The normalized spacial score (nSPS) is 30.6. The Bertz CT molecular complexity index is 606. The summed E-state index contributed by atoms with van der Waals surface area (Å²) in [6.07, 6.45) is 3.20. The van der Waals surface area contributed by atoms with Gasteiger partial charge in [0.05, 0.1) is 12.7 Å². The molecule has 0 saturated carbocycles. The fourth-order valence-electron chi connectivity index (χ4n) is 2.83. The molecule has 2 fully saturated rings. The lowest BCUT2D eigenvalue weighted by Crippen LogP contribution is -2.18. The van der Waals surface area contributed by atoms with E-state index in [9.17, 15) is 0 Å². The van der Waals surface area contributed by atoms with Gasteiger partial charge in [-0.2, -0.15) is 9.61 Å². The molecular weight excluding hydrogens is 278 g/mol. The van der Waals surface area contributed by atoms with Crippen molar-refractivity contribution in [3.05, 3.63) is 10.8 Å². The highest BCUT2D eigenvalue weighted by Gasteiger charge is 2.30. The molecule has 0 bridgehead atoms. The Morgan fingerprint density at radius 1 is 1.30 bits per heavy atom. The predicted molar refractivity (Wildman–Crippen MR) is 72.7 cm³/mol. The summed E-state index contributed by atoms with van der Waals surface area (Å²) in [6.45, 7) is 2.08. The van der Waals surface area contributed by atoms with Crippen LogP contribution in [0.5, 0.6) is 0 Å². The van der Waals surface area contributed by atoms with Crippen LogP contribution in [0.25, 0.3) is 4.96 Å². The highest BCUT2D eigenvalue weighted by atomic mass is 32.1. The summed E-state index contributed by atoms with van der Waals surface area (Å²) in [7, 11) is 0. The van der Waals surface area contributed by atoms with Gasteiger partial charge in [-0.1, -0.05) is 11.3 Å². The molecule has 2 N–H and O–H groups in total. The molecule has 2 aliphatic heterocycles. The summed E-state index contributed by atoms with van der Waals surface area (Å²) in [5, 5.41) is 14.1. The number of nitrogens with zero attached hydrogens (tertiary/aromatic N) is 4. The Morgan fingerprint density at radius 2 is 2.25 bits per heavy atom. The molecule has 4 rings (SSSR count). The van der Waals surface area contributed by atoms with E-state index in [1.54, 1.807) is 11.3 Å². The Kier molecular flexibility index (Phi) is 3.18. The second kappa shape index (κ2) is 5.03. The first-order chi connectivity index (χ1) is 9.85. The number of ether oxygens (including phenoxy) is 2. The lowest BCUT2D eigenvalue weighted by atomic mass is 10.1. The molecule has 2 aromatic rings. The molecule has 2 aromatic heterocycles. The molecule has 2 aliphatic rings. The van der Waals surface area contributed by atoms with Gasteiger partial charge in [0.2, 0.25) is 4.96 Å². The monoisotopic (exact) mass is 295 g/mol. The molecule has 0 amide bonds. The minimum absolute atomic E-state index is 0.0583. The molecular formula is C12H17N5O2S. The zero-order valence-corrected chi connectivity index (χ0v) is 11.9. The zero-order valence-electron chi connectivity index (χ0n) is 11.1. The molecule has 3 atom stereocenters. The first kappa shape index (κ1) is 12.6. The maximum atomic E-state index is 5.90. The average molecular weight is 295 g/mol. The quantitative estimate of drug-likeness (QED) is 0.904. The van der Waals surface area contributed by atoms with Crippen LogP contribution in [0.4, 0.5) is 0 Å². The topological polar surface area (TPSA) is 87.6 Å². The summed E-state index contributed by atoms with van der Waals surface area (Å²) >= 11 is 1.56. The van der Waals surface area contributed by atoms with E-state index in [0.717, 1.165) is 41.7 Å². The molecule has 7 nitrogen and oxygen atoms in total. The van der Waals surface area contributed by atoms with Crippen LogP contribution in [0.1, 0.15) is 42.1 Å². The van der Waals surface area contributed by atoms with Crippen molar-refractivity contribution < 1.29 is 9.47 Å². The van der Waals surface area contributed by atoms with Crippen LogP contribution in [-0.4, -0.2) is 45.7 Å². The largest absolute Gasteiger partial charge is 0.381 e. The minimum Gasteiger partial charge on any atom is -0.381 e. The first-order valence-corrected chi connectivity index (χ1v) is 7.82. The molecule has 20 heavy (non-hydrogen) atoms. The Hall–Kier alpha value is -1.09. The van der Waals surface area contributed by atoms with Crippen LogP contribution in [-0.2, 0) is 9.47 Å².